The molecule has 146 valence electrons. The number of carbonyl (C=O) groups is 3. The molecule has 2 fully saturated rings. The topological polar surface area (TPSA) is 95.7 Å². The Morgan fingerprint density at radius 1 is 1.26 bits per heavy atom. The Morgan fingerprint density at radius 3 is 2.48 bits per heavy atom. The minimum absolute atomic E-state index is 0.0000323. The molecule has 1 aromatic rings. The van der Waals surface area contributed by atoms with Crippen molar-refractivity contribution in [2.45, 2.75) is 38.8 Å². The highest BCUT2D eigenvalue weighted by molar-refractivity contribution is 6.09. The second-order valence-corrected chi connectivity index (χ2v) is 8.15. The number of imide groups is 1. The van der Waals surface area contributed by atoms with E-state index in [0.29, 0.717) is 25.1 Å². The van der Waals surface area contributed by atoms with Crippen LogP contribution in [0.25, 0.3) is 0 Å². The number of benzene rings is 1. The number of nitrogens with zero attached hydrogens (tertiary/aromatic N) is 2. The zero-order valence-corrected chi connectivity index (χ0v) is 15.8. The molecule has 2 saturated heterocycles. The highest BCUT2D eigenvalue weighted by Crippen LogP contribution is 2.30. The Morgan fingerprint density at radius 2 is 1.89 bits per heavy atom. The van der Waals surface area contributed by atoms with Gasteiger partial charge in [-0.2, -0.15) is 0 Å². The van der Waals surface area contributed by atoms with Crippen molar-refractivity contribution < 1.29 is 18.8 Å². The molecule has 2 unspecified atom stereocenters. The van der Waals surface area contributed by atoms with Crippen LogP contribution in [0.3, 0.4) is 0 Å². The second-order valence-electron chi connectivity index (χ2n) is 8.15. The molecule has 3 N–H and O–H groups in total. The molecule has 0 radical (unpaired) electrons. The van der Waals surface area contributed by atoms with Gasteiger partial charge in [-0.05, 0) is 36.5 Å². The van der Waals surface area contributed by atoms with Crippen molar-refractivity contribution in [3.8, 4) is 0 Å². The Hall–Kier alpha value is -2.48. The van der Waals surface area contributed by atoms with E-state index in [0.717, 1.165) is 4.90 Å². The quantitative estimate of drug-likeness (QED) is 0.775. The third-order valence-corrected chi connectivity index (χ3v) is 5.65. The van der Waals surface area contributed by atoms with E-state index in [2.05, 4.69) is 5.32 Å². The third-order valence-electron chi connectivity index (χ3n) is 5.65. The van der Waals surface area contributed by atoms with Crippen LogP contribution in [0.5, 0.6) is 0 Å². The summed E-state index contributed by atoms with van der Waals surface area (Å²) in [6.45, 7) is 6.20. The number of halogens is 1. The van der Waals surface area contributed by atoms with Gasteiger partial charge in [0.1, 0.15) is 17.9 Å². The minimum atomic E-state index is -1.32. The molecule has 2 heterocycles. The largest absolute Gasteiger partial charge is 0.340 e. The number of piperidine rings is 1. The van der Waals surface area contributed by atoms with E-state index in [9.17, 15) is 18.8 Å². The van der Waals surface area contributed by atoms with Gasteiger partial charge in [-0.25, -0.2) is 9.18 Å². The number of likely N-dealkylation sites (tertiary alicyclic amines) is 1. The van der Waals surface area contributed by atoms with Crippen molar-refractivity contribution in [1.82, 2.24) is 15.1 Å². The SMILES string of the molecule is CC1(c2ccc(F)cc2)NC(=O)N(CC(=O)N2CCC(N)C(C)(C)C2)C1=O. The zero-order valence-electron chi connectivity index (χ0n) is 15.8. The van der Waals surface area contributed by atoms with Crippen LogP contribution in [0.15, 0.2) is 24.3 Å². The molecule has 2 aliphatic heterocycles. The summed E-state index contributed by atoms with van der Waals surface area (Å²) in [5.74, 6) is -1.25. The molecule has 1 aromatic carbocycles. The van der Waals surface area contributed by atoms with Gasteiger partial charge in [0.15, 0.2) is 0 Å². The standard InChI is InChI=1S/C19H25FN4O3/c1-18(2)11-23(9-8-14(18)21)15(25)10-24-16(26)19(3,22-17(24)27)12-4-6-13(20)7-5-12/h4-7,14H,8-11,21H2,1-3H3,(H,22,27). The zero-order chi connectivity index (χ0) is 20.0. The molecule has 27 heavy (non-hydrogen) atoms. The van der Waals surface area contributed by atoms with Crippen molar-refractivity contribution in [1.29, 1.82) is 0 Å². The third kappa shape index (κ3) is 3.41. The molecule has 0 aromatic heterocycles. The lowest BCUT2D eigenvalue weighted by molar-refractivity contribution is -0.140. The molecule has 7 nitrogen and oxygen atoms in total. The fraction of sp³-hybridized carbons (Fsp3) is 0.526. The lowest BCUT2D eigenvalue weighted by atomic mass is 9.79. The van der Waals surface area contributed by atoms with Gasteiger partial charge in [0, 0.05) is 19.1 Å². The first-order valence-corrected chi connectivity index (χ1v) is 8.98. The fourth-order valence-corrected chi connectivity index (χ4v) is 3.64. The van der Waals surface area contributed by atoms with Gasteiger partial charge in [0.05, 0.1) is 0 Å². The van der Waals surface area contributed by atoms with Crippen LogP contribution in [-0.4, -0.2) is 53.3 Å². The minimum Gasteiger partial charge on any atom is -0.340 e. The van der Waals surface area contributed by atoms with Crippen LogP contribution < -0.4 is 11.1 Å². The average Bonchev–Trinajstić information content (AvgIpc) is 2.82. The second kappa shape index (κ2) is 6.60. The molecule has 2 atom stereocenters. The predicted molar refractivity (Wildman–Crippen MR) is 97.0 cm³/mol. The smallest absolute Gasteiger partial charge is 0.325 e. The number of hydrogen-bond acceptors (Lipinski definition) is 4. The van der Waals surface area contributed by atoms with E-state index in [4.69, 9.17) is 5.73 Å². The maximum Gasteiger partial charge on any atom is 0.325 e. The van der Waals surface area contributed by atoms with E-state index < -0.39 is 23.3 Å². The first kappa shape index (κ1) is 19.3. The number of amides is 4. The molecule has 4 amide bonds. The summed E-state index contributed by atoms with van der Waals surface area (Å²) in [5, 5.41) is 2.62. The lowest BCUT2D eigenvalue weighted by Crippen LogP contribution is -2.56. The molecule has 0 aliphatic carbocycles. The summed E-state index contributed by atoms with van der Waals surface area (Å²) in [6.07, 6.45) is 0.673. The average molecular weight is 376 g/mol. The maximum absolute atomic E-state index is 13.2. The molecule has 0 bridgehead atoms. The lowest BCUT2D eigenvalue weighted by Gasteiger charge is -2.42. The Bertz CT molecular complexity index is 780. The van der Waals surface area contributed by atoms with E-state index >= 15 is 0 Å². The normalized spacial score (nSPS) is 27.7. The van der Waals surface area contributed by atoms with Crippen LogP contribution in [0.1, 0.15) is 32.8 Å². The van der Waals surface area contributed by atoms with E-state index in [1.165, 1.54) is 24.3 Å². The number of nitrogens with one attached hydrogen (secondary N) is 1. The van der Waals surface area contributed by atoms with Gasteiger partial charge in [-0.1, -0.05) is 26.0 Å². The van der Waals surface area contributed by atoms with Gasteiger partial charge >= 0.3 is 6.03 Å². The Kier molecular flexibility index (Phi) is 4.71. The Balaban J connectivity index is 1.74. The van der Waals surface area contributed by atoms with Gasteiger partial charge in [0.25, 0.3) is 5.91 Å². The summed E-state index contributed by atoms with van der Waals surface area (Å²) in [6, 6.07) is 4.73. The summed E-state index contributed by atoms with van der Waals surface area (Å²) in [7, 11) is 0. The number of nitrogens with two attached hydrogens (primary N) is 1. The molecule has 0 spiro atoms. The number of rotatable bonds is 3. The predicted octanol–water partition coefficient (Wildman–Crippen LogP) is 1.18. The molecule has 3 rings (SSSR count). The number of hydrogen-bond donors (Lipinski definition) is 2. The van der Waals surface area contributed by atoms with Crippen molar-refractivity contribution in [2.24, 2.45) is 11.1 Å². The first-order valence-electron chi connectivity index (χ1n) is 8.98. The van der Waals surface area contributed by atoms with Gasteiger partial charge in [-0.3, -0.25) is 14.5 Å². The van der Waals surface area contributed by atoms with Crippen LogP contribution in [0.2, 0.25) is 0 Å². The summed E-state index contributed by atoms with van der Waals surface area (Å²) in [5.41, 5.74) is 5.01. The maximum atomic E-state index is 13.2. The molecular formula is C19H25FN4O3. The monoisotopic (exact) mass is 376 g/mol. The van der Waals surface area contributed by atoms with E-state index in [1.54, 1.807) is 11.8 Å². The van der Waals surface area contributed by atoms with E-state index in [1.807, 2.05) is 13.8 Å². The molecule has 0 saturated carbocycles. The van der Waals surface area contributed by atoms with Crippen LogP contribution in [0.4, 0.5) is 9.18 Å². The number of carbonyl (C=O) groups excluding carboxylic acids is 3. The van der Waals surface area contributed by atoms with Crippen molar-refractivity contribution >= 4 is 17.8 Å². The van der Waals surface area contributed by atoms with Crippen molar-refractivity contribution in [3.63, 3.8) is 0 Å². The van der Waals surface area contributed by atoms with Gasteiger partial charge in [0.2, 0.25) is 5.91 Å². The number of urea groups is 1. The van der Waals surface area contributed by atoms with Crippen molar-refractivity contribution in [3.05, 3.63) is 35.6 Å². The molecule has 8 heteroatoms. The fourth-order valence-electron chi connectivity index (χ4n) is 3.64. The van der Waals surface area contributed by atoms with Crippen LogP contribution in [0, 0.1) is 11.2 Å². The van der Waals surface area contributed by atoms with Crippen LogP contribution in [-0.2, 0) is 15.1 Å². The summed E-state index contributed by atoms with van der Waals surface area (Å²) >= 11 is 0. The summed E-state index contributed by atoms with van der Waals surface area (Å²) < 4.78 is 13.2. The highest BCUT2D eigenvalue weighted by Gasteiger charge is 2.50. The summed E-state index contributed by atoms with van der Waals surface area (Å²) in [4.78, 5) is 40.5. The van der Waals surface area contributed by atoms with Gasteiger partial charge < -0.3 is 16.0 Å². The molecular weight excluding hydrogens is 351 g/mol. The first-order chi connectivity index (χ1) is 12.5. The highest BCUT2D eigenvalue weighted by atomic mass is 19.1. The van der Waals surface area contributed by atoms with Crippen molar-refractivity contribution in [2.75, 3.05) is 19.6 Å². The Labute approximate surface area is 157 Å². The molecule has 2 aliphatic rings. The van der Waals surface area contributed by atoms with Crippen LogP contribution >= 0.6 is 0 Å². The van der Waals surface area contributed by atoms with Gasteiger partial charge in [-0.15, -0.1) is 0 Å². The van der Waals surface area contributed by atoms with E-state index in [-0.39, 0.29) is 23.9 Å².